The van der Waals surface area contributed by atoms with Crippen LogP contribution in [0.2, 0.25) is 0 Å². The minimum absolute atomic E-state index is 0.370. The predicted molar refractivity (Wildman–Crippen MR) is 67.3 cm³/mol. The summed E-state index contributed by atoms with van der Waals surface area (Å²) in [5.41, 5.74) is 0. The van der Waals surface area contributed by atoms with Crippen LogP contribution in [0.1, 0.15) is 27.7 Å². The molecule has 0 fully saturated rings. The molecule has 0 aliphatic rings. The van der Waals surface area contributed by atoms with Gasteiger partial charge in [-0.25, -0.2) is 0 Å². The molecule has 0 heterocycles. The van der Waals surface area contributed by atoms with Gasteiger partial charge in [-0.1, -0.05) is 31.9 Å². The van der Waals surface area contributed by atoms with Crippen molar-refractivity contribution in [3.63, 3.8) is 0 Å². The van der Waals surface area contributed by atoms with Crippen molar-refractivity contribution in [1.29, 1.82) is 0 Å². The SMILES string of the molecule is CC(=O)OC(C)C(Br)=C(Br)C(C)OC(C)=O. The van der Waals surface area contributed by atoms with Crippen LogP contribution in [-0.2, 0) is 19.1 Å². The van der Waals surface area contributed by atoms with E-state index in [4.69, 9.17) is 9.47 Å². The second-order valence-electron chi connectivity index (χ2n) is 3.20. The van der Waals surface area contributed by atoms with Crippen LogP contribution in [0, 0.1) is 0 Å². The van der Waals surface area contributed by atoms with Crippen molar-refractivity contribution in [2.24, 2.45) is 0 Å². The van der Waals surface area contributed by atoms with Gasteiger partial charge in [0.05, 0.1) is 0 Å². The maximum absolute atomic E-state index is 10.8. The number of carbonyl (C=O) groups is 2. The van der Waals surface area contributed by atoms with Gasteiger partial charge in [-0.05, 0) is 13.8 Å². The molecule has 0 saturated heterocycles. The molecule has 0 radical (unpaired) electrons. The Kier molecular flexibility index (Phi) is 6.90. The zero-order valence-corrected chi connectivity index (χ0v) is 12.7. The van der Waals surface area contributed by atoms with Crippen molar-refractivity contribution in [2.75, 3.05) is 0 Å². The third-order valence-corrected chi connectivity index (χ3v) is 4.30. The van der Waals surface area contributed by atoms with E-state index < -0.39 is 12.2 Å². The van der Waals surface area contributed by atoms with E-state index in [2.05, 4.69) is 31.9 Å². The molecule has 4 nitrogen and oxygen atoms in total. The van der Waals surface area contributed by atoms with Gasteiger partial charge >= 0.3 is 11.9 Å². The third-order valence-electron chi connectivity index (χ3n) is 1.63. The van der Waals surface area contributed by atoms with Gasteiger partial charge in [0.1, 0.15) is 12.2 Å². The molecule has 0 saturated carbocycles. The summed E-state index contributed by atoms with van der Waals surface area (Å²) in [6, 6.07) is 0. The number of halogens is 2. The number of hydrogen-bond donors (Lipinski definition) is 0. The number of ether oxygens (including phenoxy) is 2. The Labute approximate surface area is 112 Å². The first kappa shape index (κ1) is 15.6. The monoisotopic (exact) mass is 356 g/mol. The van der Waals surface area contributed by atoms with E-state index >= 15 is 0 Å². The largest absolute Gasteiger partial charge is 0.457 e. The summed E-state index contributed by atoms with van der Waals surface area (Å²) >= 11 is 6.58. The van der Waals surface area contributed by atoms with Gasteiger partial charge in [-0.2, -0.15) is 0 Å². The molecule has 92 valence electrons. The highest BCUT2D eigenvalue weighted by Gasteiger charge is 2.18. The van der Waals surface area contributed by atoms with E-state index in [1.807, 2.05) is 0 Å². The van der Waals surface area contributed by atoms with Gasteiger partial charge in [-0.3, -0.25) is 9.59 Å². The average Bonchev–Trinajstić information content (AvgIpc) is 2.13. The summed E-state index contributed by atoms with van der Waals surface area (Å²) in [4.78, 5) is 21.5. The highest BCUT2D eigenvalue weighted by molar-refractivity contribution is 9.14. The van der Waals surface area contributed by atoms with Crippen LogP contribution in [-0.4, -0.2) is 24.1 Å². The maximum Gasteiger partial charge on any atom is 0.303 e. The van der Waals surface area contributed by atoms with Crippen molar-refractivity contribution in [1.82, 2.24) is 0 Å². The second-order valence-corrected chi connectivity index (χ2v) is 4.91. The number of esters is 2. The van der Waals surface area contributed by atoms with Gasteiger partial charge < -0.3 is 9.47 Å². The topological polar surface area (TPSA) is 52.6 Å². The van der Waals surface area contributed by atoms with E-state index in [9.17, 15) is 9.59 Å². The Morgan fingerprint density at radius 1 is 0.875 bits per heavy atom. The van der Waals surface area contributed by atoms with Crippen LogP contribution in [0.15, 0.2) is 8.96 Å². The lowest BCUT2D eigenvalue weighted by molar-refractivity contribution is -0.145. The Morgan fingerprint density at radius 2 is 1.12 bits per heavy atom. The molecule has 0 N–H and O–H groups in total. The molecule has 16 heavy (non-hydrogen) atoms. The van der Waals surface area contributed by atoms with E-state index in [1.165, 1.54) is 13.8 Å². The van der Waals surface area contributed by atoms with Gasteiger partial charge in [0.25, 0.3) is 0 Å². The van der Waals surface area contributed by atoms with Crippen molar-refractivity contribution in [3.8, 4) is 0 Å². The first-order valence-electron chi connectivity index (χ1n) is 4.65. The molecule has 0 aromatic rings. The fraction of sp³-hybridized carbons (Fsp3) is 0.600. The summed E-state index contributed by atoms with van der Waals surface area (Å²) in [5, 5.41) is 0. The fourth-order valence-electron chi connectivity index (χ4n) is 0.990. The Hall–Kier alpha value is -0.360. The summed E-state index contributed by atoms with van der Waals surface area (Å²) in [7, 11) is 0. The van der Waals surface area contributed by atoms with Crippen molar-refractivity contribution < 1.29 is 19.1 Å². The first-order valence-corrected chi connectivity index (χ1v) is 6.23. The van der Waals surface area contributed by atoms with Gasteiger partial charge in [-0.15, -0.1) is 0 Å². The molecule has 0 aliphatic carbocycles. The van der Waals surface area contributed by atoms with Crippen LogP contribution < -0.4 is 0 Å². The standard InChI is InChI=1S/C10H14Br2O4/c1-5(15-7(3)13)9(11)10(12)6(2)16-8(4)14/h5-6H,1-4H3. The molecular formula is C10H14Br2O4. The normalized spacial score (nSPS) is 15.9. The molecule has 0 rings (SSSR count). The number of rotatable bonds is 4. The Balaban J connectivity index is 4.66. The molecule has 0 aliphatic heterocycles. The Bertz CT molecular complexity index is 282. The van der Waals surface area contributed by atoms with Crippen LogP contribution in [0.5, 0.6) is 0 Å². The van der Waals surface area contributed by atoms with E-state index in [0.29, 0.717) is 8.96 Å². The molecule has 0 spiro atoms. The zero-order valence-electron chi connectivity index (χ0n) is 9.54. The fourth-order valence-corrected chi connectivity index (χ4v) is 1.82. The summed E-state index contributed by atoms with van der Waals surface area (Å²) < 4.78 is 11.2. The zero-order chi connectivity index (χ0) is 12.9. The molecule has 2 unspecified atom stereocenters. The first-order chi connectivity index (χ1) is 7.25. The van der Waals surface area contributed by atoms with E-state index in [0.717, 1.165) is 0 Å². The van der Waals surface area contributed by atoms with Crippen molar-refractivity contribution in [2.45, 2.75) is 39.9 Å². The summed E-state index contributed by atoms with van der Waals surface area (Å²) in [6.45, 7) is 6.10. The van der Waals surface area contributed by atoms with Gasteiger partial charge in [0, 0.05) is 22.8 Å². The predicted octanol–water partition coefficient (Wildman–Crippen LogP) is 2.89. The van der Waals surface area contributed by atoms with Crippen molar-refractivity contribution in [3.05, 3.63) is 8.96 Å². The van der Waals surface area contributed by atoms with Gasteiger partial charge in [0.2, 0.25) is 0 Å². The lowest BCUT2D eigenvalue weighted by Gasteiger charge is -2.17. The third kappa shape index (κ3) is 5.65. The van der Waals surface area contributed by atoms with Crippen LogP contribution in [0.3, 0.4) is 0 Å². The summed E-state index contributed by atoms with van der Waals surface area (Å²) in [6.07, 6.45) is -0.852. The highest BCUT2D eigenvalue weighted by atomic mass is 79.9. The molecule has 0 bridgehead atoms. The minimum atomic E-state index is -0.426. The quantitative estimate of drug-likeness (QED) is 0.726. The van der Waals surface area contributed by atoms with Crippen LogP contribution in [0.25, 0.3) is 0 Å². The van der Waals surface area contributed by atoms with E-state index in [-0.39, 0.29) is 11.9 Å². The van der Waals surface area contributed by atoms with Gasteiger partial charge in [0.15, 0.2) is 0 Å². The maximum atomic E-state index is 10.8. The number of carbonyl (C=O) groups excluding carboxylic acids is 2. The summed E-state index contributed by atoms with van der Waals surface area (Å²) in [5.74, 6) is -0.741. The molecule has 6 heteroatoms. The Morgan fingerprint density at radius 3 is 1.31 bits per heavy atom. The number of hydrogen-bond acceptors (Lipinski definition) is 4. The van der Waals surface area contributed by atoms with E-state index in [1.54, 1.807) is 13.8 Å². The van der Waals surface area contributed by atoms with Crippen LogP contribution >= 0.6 is 31.9 Å². The smallest absolute Gasteiger partial charge is 0.303 e. The van der Waals surface area contributed by atoms with Crippen molar-refractivity contribution >= 4 is 43.8 Å². The molecule has 0 aromatic heterocycles. The second kappa shape index (κ2) is 7.06. The average molecular weight is 358 g/mol. The molecule has 2 atom stereocenters. The molecular weight excluding hydrogens is 344 g/mol. The lowest BCUT2D eigenvalue weighted by atomic mass is 10.3. The van der Waals surface area contributed by atoms with Crippen LogP contribution in [0.4, 0.5) is 0 Å². The molecule has 0 amide bonds. The minimum Gasteiger partial charge on any atom is -0.457 e. The highest BCUT2D eigenvalue weighted by Crippen LogP contribution is 2.27. The molecule has 0 aromatic carbocycles. The lowest BCUT2D eigenvalue weighted by Crippen LogP contribution is -2.18.